The zero-order valence-corrected chi connectivity index (χ0v) is 25.0. The van der Waals surface area contributed by atoms with Gasteiger partial charge in [0.15, 0.2) is 6.04 Å². The van der Waals surface area contributed by atoms with E-state index >= 15 is 0 Å². The van der Waals surface area contributed by atoms with E-state index in [1.807, 2.05) is 68.4 Å². The number of anilines is 1. The van der Waals surface area contributed by atoms with E-state index in [1.54, 1.807) is 10.7 Å². The summed E-state index contributed by atoms with van der Waals surface area (Å²) in [5.41, 5.74) is 3.90. The summed E-state index contributed by atoms with van der Waals surface area (Å²) in [5.74, 6) is 0.707. The van der Waals surface area contributed by atoms with E-state index in [1.165, 1.54) is 0 Å². The van der Waals surface area contributed by atoms with Crippen LogP contribution < -0.4 is 10.1 Å². The Morgan fingerprint density at radius 3 is 2.38 bits per heavy atom. The van der Waals surface area contributed by atoms with Gasteiger partial charge in [-0.05, 0) is 43.0 Å². The highest BCUT2D eigenvalue weighted by atomic mass is 16.5. The standard InChI is InChI=1S/C33H39N5O4/c1-22-10-12-24(13-11-22)38-31(23(2)30(35-38)33(3,4)5)34-32(39)29(36-40)27-14-15-28(26-9-7-6-8-25(26)27)42-21-18-37-16-19-41-20-17-37/h6-15,29H,16-21H2,1-5H3,(H,34,39). The molecule has 1 saturated heterocycles. The quantitative estimate of drug-likeness (QED) is 0.245. The lowest BCUT2D eigenvalue weighted by molar-refractivity contribution is -0.117. The number of nitrogens with zero attached hydrogens (tertiary/aromatic N) is 4. The number of hydrogen-bond donors (Lipinski definition) is 1. The molecule has 5 rings (SSSR count). The summed E-state index contributed by atoms with van der Waals surface area (Å²) in [6.45, 7) is 14.8. The van der Waals surface area contributed by atoms with Gasteiger partial charge in [-0.15, -0.1) is 4.91 Å². The summed E-state index contributed by atoms with van der Waals surface area (Å²) in [6.07, 6.45) is 0. The molecule has 220 valence electrons. The molecule has 0 saturated carbocycles. The van der Waals surface area contributed by atoms with Crippen molar-refractivity contribution in [1.29, 1.82) is 0 Å². The Balaban J connectivity index is 1.44. The van der Waals surface area contributed by atoms with Gasteiger partial charge in [-0.1, -0.05) is 74.0 Å². The summed E-state index contributed by atoms with van der Waals surface area (Å²) < 4.78 is 13.3. The number of nitrogens with one attached hydrogen (secondary N) is 1. The Bertz CT molecular complexity index is 1570. The number of fused-ring (bicyclic) bond motifs is 1. The first-order chi connectivity index (χ1) is 20.2. The van der Waals surface area contributed by atoms with Crippen molar-refractivity contribution < 1.29 is 14.3 Å². The molecule has 1 unspecified atom stereocenters. The third kappa shape index (κ3) is 6.22. The smallest absolute Gasteiger partial charge is 0.258 e. The van der Waals surface area contributed by atoms with Gasteiger partial charge in [0, 0.05) is 36.0 Å². The maximum Gasteiger partial charge on any atom is 0.258 e. The minimum absolute atomic E-state index is 0.254. The molecular formula is C33H39N5O4. The molecule has 1 aliphatic heterocycles. The molecule has 0 radical (unpaired) electrons. The van der Waals surface area contributed by atoms with Crippen LogP contribution in [0.2, 0.25) is 0 Å². The van der Waals surface area contributed by atoms with Crippen LogP contribution in [0.5, 0.6) is 5.75 Å². The van der Waals surface area contributed by atoms with Crippen LogP contribution in [0.3, 0.4) is 0 Å². The number of carbonyl (C=O) groups excluding carboxylic acids is 1. The Kier molecular flexibility index (Phi) is 8.70. The number of ether oxygens (including phenoxy) is 2. The number of nitroso groups, excluding NO2 is 1. The molecule has 3 aromatic carbocycles. The minimum Gasteiger partial charge on any atom is -0.492 e. The van der Waals surface area contributed by atoms with E-state index in [0.717, 1.165) is 66.1 Å². The van der Waals surface area contributed by atoms with Crippen molar-refractivity contribution in [1.82, 2.24) is 14.7 Å². The van der Waals surface area contributed by atoms with Gasteiger partial charge in [0.05, 0.1) is 24.6 Å². The number of rotatable bonds is 9. The predicted octanol–water partition coefficient (Wildman–Crippen LogP) is 6.10. The van der Waals surface area contributed by atoms with E-state index < -0.39 is 11.9 Å². The largest absolute Gasteiger partial charge is 0.492 e. The number of aromatic nitrogens is 2. The lowest BCUT2D eigenvalue weighted by Gasteiger charge is -2.26. The highest BCUT2D eigenvalue weighted by Crippen LogP contribution is 2.35. The zero-order chi connectivity index (χ0) is 29.9. The van der Waals surface area contributed by atoms with Crippen molar-refractivity contribution in [2.75, 3.05) is 44.8 Å². The topological polar surface area (TPSA) is 98.0 Å². The first kappa shape index (κ1) is 29.4. The van der Waals surface area contributed by atoms with E-state index in [4.69, 9.17) is 14.6 Å². The molecular weight excluding hydrogens is 530 g/mol. The van der Waals surface area contributed by atoms with Gasteiger partial charge in [-0.25, -0.2) is 4.68 Å². The van der Waals surface area contributed by atoms with Gasteiger partial charge < -0.3 is 14.8 Å². The van der Waals surface area contributed by atoms with Crippen LogP contribution >= 0.6 is 0 Å². The van der Waals surface area contributed by atoms with Crippen molar-refractivity contribution in [2.45, 2.75) is 46.1 Å². The Labute approximate surface area is 246 Å². The van der Waals surface area contributed by atoms with Crippen LogP contribution in [-0.4, -0.2) is 60.0 Å². The van der Waals surface area contributed by atoms with E-state index in [2.05, 4.69) is 36.2 Å². The monoisotopic (exact) mass is 569 g/mol. The summed E-state index contributed by atoms with van der Waals surface area (Å²) >= 11 is 0. The number of morpholine rings is 1. The number of benzene rings is 3. The fourth-order valence-corrected chi connectivity index (χ4v) is 5.43. The molecule has 1 aromatic heterocycles. The number of aryl methyl sites for hydroxylation is 1. The second kappa shape index (κ2) is 12.4. The molecule has 1 amide bonds. The Morgan fingerprint density at radius 2 is 1.71 bits per heavy atom. The SMILES string of the molecule is Cc1ccc(-n2nc(C(C)(C)C)c(C)c2NC(=O)C(N=O)c2ccc(OCCN3CCOCC3)c3ccccc23)cc1. The van der Waals surface area contributed by atoms with Crippen LogP contribution in [0.4, 0.5) is 5.82 Å². The summed E-state index contributed by atoms with van der Waals surface area (Å²) in [5, 5.41) is 12.8. The van der Waals surface area contributed by atoms with E-state index in [9.17, 15) is 9.70 Å². The molecule has 42 heavy (non-hydrogen) atoms. The number of amides is 1. The van der Waals surface area contributed by atoms with Crippen LogP contribution in [-0.2, 0) is 14.9 Å². The number of carbonyl (C=O) groups is 1. The second-order valence-electron chi connectivity index (χ2n) is 11.8. The maximum absolute atomic E-state index is 13.8. The summed E-state index contributed by atoms with van der Waals surface area (Å²) in [6, 6.07) is 17.9. The van der Waals surface area contributed by atoms with Crippen molar-refractivity contribution >= 4 is 22.5 Å². The van der Waals surface area contributed by atoms with Crippen molar-refractivity contribution in [3.8, 4) is 11.4 Å². The zero-order valence-electron chi connectivity index (χ0n) is 25.0. The lowest BCUT2D eigenvalue weighted by Crippen LogP contribution is -2.38. The molecule has 0 aliphatic carbocycles. The summed E-state index contributed by atoms with van der Waals surface area (Å²) in [7, 11) is 0. The maximum atomic E-state index is 13.8. The van der Waals surface area contributed by atoms with Crippen molar-refractivity contribution in [3.63, 3.8) is 0 Å². The molecule has 0 bridgehead atoms. The lowest BCUT2D eigenvalue weighted by atomic mass is 9.90. The van der Waals surface area contributed by atoms with Gasteiger partial charge in [-0.2, -0.15) is 5.10 Å². The van der Waals surface area contributed by atoms with Gasteiger partial charge in [0.2, 0.25) is 0 Å². The average molecular weight is 570 g/mol. The molecule has 1 fully saturated rings. The van der Waals surface area contributed by atoms with Gasteiger partial charge in [0.1, 0.15) is 18.2 Å². The first-order valence-corrected chi connectivity index (χ1v) is 14.4. The van der Waals surface area contributed by atoms with Crippen LogP contribution in [0.25, 0.3) is 16.5 Å². The molecule has 9 nitrogen and oxygen atoms in total. The molecule has 0 spiro atoms. The fourth-order valence-electron chi connectivity index (χ4n) is 5.43. The third-order valence-corrected chi connectivity index (χ3v) is 7.69. The number of hydrogen-bond acceptors (Lipinski definition) is 7. The predicted molar refractivity (Wildman–Crippen MR) is 166 cm³/mol. The van der Waals surface area contributed by atoms with Crippen molar-refractivity contribution in [3.05, 3.63) is 88.0 Å². The van der Waals surface area contributed by atoms with E-state index in [-0.39, 0.29) is 5.41 Å². The minimum atomic E-state index is -1.27. The normalized spacial score (nSPS) is 15.0. The molecule has 4 aromatic rings. The second-order valence-corrected chi connectivity index (χ2v) is 11.8. The van der Waals surface area contributed by atoms with Crippen LogP contribution in [0.15, 0.2) is 65.8 Å². The molecule has 2 heterocycles. The van der Waals surface area contributed by atoms with Gasteiger partial charge in [0.25, 0.3) is 5.91 Å². The van der Waals surface area contributed by atoms with E-state index in [0.29, 0.717) is 23.7 Å². The Morgan fingerprint density at radius 1 is 1.02 bits per heavy atom. The van der Waals surface area contributed by atoms with Gasteiger partial charge >= 0.3 is 0 Å². The van der Waals surface area contributed by atoms with Crippen LogP contribution in [0.1, 0.15) is 49.2 Å². The third-order valence-electron chi connectivity index (χ3n) is 7.69. The highest BCUT2D eigenvalue weighted by molar-refractivity contribution is 6.00. The molecule has 1 aliphatic rings. The highest BCUT2D eigenvalue weighted by Gasteiger charge is 2.30. The molecule has 1 N–H and O–H groups in total. The van der Waals surface area contributed by atoms with Crippen molar-refractivity contribution in [2.24, 2.45) is 5.18 Å². The fraction of sp³-hybridized carbons (Fsp3) is 0.394. The molecule has 9 heteroatoms. The average Bonchev–Trinajstić information content (AvgIpc) is 3.31. The van der Waals surface area contributed by atoms with Crippen LogP contribution in [0, 0.1) is 18.8 Å². The summed E-state index contributed by atoms with van der Waals surface area (Å²) in [4.78, 5) is 28.4. The first-order valence-electron chi connectivity index (χ1n) is 14.4. The molecule has 1 atom stereocenters. The Hall–Kier alpha value is -4.08. The van der Waals surface area contributed by atoms with Gasteiger partial charge in [-0.3, -0.25) is 9.69 Å².